The highest BCUT2D eigenvalue weighted by atomic mass is 35.5. The molecular weight excluding hydrogens is 551 g/mol. The minimum absolute atomic E-state index is 0.118. The Balaban J connectivity index is 1.33. The quantitative estimate of drug-likeness (QED) is 0.341. The third-order valence-electron chi connectivity index (χ3n) is 9.27. The van der Waals surface area contributed by atoms with Gasteiger partial charge in [-0.2, -0.15) is 0 Å². The fourth-order valence-electron chi connectivity index (χ4n) is 6.80. The summed E-state index contributed by atoms with van der Waals surface area (Å²) in [7, 11) is 0. The minimum Gasteiger partial charge on any atom is -0.378 e. The molecule has 5 unspecified atom stereocenters. The molecule has 226 valence electrons. The number of amides is 1. The van der Waals surface area contributed by atoms with Crippen molar-refractivity contribution in [3.63, 3.8) is 0 Å². The molecule has 0 radical (unpaired) electrons. The van der Waals surface area contributed by atoms with Crippen LogP contribution < -0.4 is 16.4 Å². The Labute approximate surface area is 254 Å². The molecule has 0 saturated carbocycles. The molecule has 4 aliphatic rings. The van der Waals surface area contributed by atoms with Gasteiger partial charge in [0.25, 0.3) is 0 Å². The average Bonchev–Trinajstić information content (AvgIpc) is 2.94. The second kappa shape index (κ2) is 14.3. The summed E-state index contributed by atoms with van der Waals surface area (Å²) in [5, 5.41) is 7.24. The molecule has 2 aromatic rings. The largest absolute Gasteiger partial charge is 0.378 e. The number of carbonyl (C=O) groups excluding carboxylic acids is 1. The minimum atomic E-state index is -0.822. The first-order valence-electron chi connectivity index (χ1n) is 15.5. The van der Waals surface area contributed by atoms with Gasteiger partial charge in [0, 0.05) is 41.4 Å². The molecule has 6 nitrogen and oxygen atoms in total. The first-order chi connectivity index (χ1) is 20.3. The van der Waals surface area contributed by atoms with Gasteiger partial charge in [0.05, 0.1) is 24.7 Å². The molecule has 1 amide bonds. The van der Waals surface area contributed by atoms with E-state index in [0.717, 1.165) is 57.3 Å². The van der Waals surface area contributed by atoms with Crippen molar-refractivity contribution in [3.05, 3.63) is 64.4 Å². The third kappa shape index (κ3) is 7.53. The van der Waals surface area contributed by atoms with Gasteiger partial charge in [-0.25, -0.2) is 4.39 Å². The van der Waals surface area contributed by atoms with Crippen LogP contribution >= 0.6 is 11.6 Å². The molecule has 2 aromatic carbocycles. The van der Waals surface area contributed by atoms with Gasteiger partial charge in [0.15, 0.2) is 0 Å². The molecule has 8 heteroatoms. The van der Waals surface area contributed by atoms with Gasteiger partial charge in [0.1, 0.15) is 5.82 Å². The number of hydrogen-bond acceptors (Lipinski definition) is 5. The number of anilines is 1. The van der Waals surface area contributed by atoms with Gasteiger partial charge < -0.3 is 21.1 Å². The van der Waals surface area contributed by atoms with E-state index in [-0.39, 0.29) is 41.7 Å². The summed E-state index contributed by atoms with van der Waals surface area (Å²) in [5.74, 6) is 6.31. The normalized spacial score (nSPS) is 27.2. The first kappa shape index (κ1) is 31.0. The summed E-state index contributed by atoms with van der Waals surface area (Å²) in [4.78, 5) is 16.2. The van der Waals surface area contributed by atoms with Crippen LogP contribution in [0.4, 0.5) is 10.1 Å². The molecule has 4 heterocycles. The number of nitrogens with zero attached hydrogens (tertiary/aromatic N) is 1. The standard InChI is InChI=1S/C34H44ClFN4O2/c1-22(2)31-20-24(16-19-42-31)32(23-10-12-25(35)13-11-23)33(37)34(41)39-30-9-3-8-29(36)28(30)15-14-27-21-38-26-6-4-17-40(27)18-5-7-26/h3,8-13,22,24,26-27,31-33,38H,4,6,14-21,37H2,1-2H3,(H,39,41)/t24?,26?,27?,31?,32-,33-/m0/s1. The predicted molar refractivity (Wildman–Crippen MR) is 167 cm³/mol. The zero-order valence-corrected chi connectivity index (χ0v) is 25.5. The van der Waals surface area contributed by atoms with E-state index >= 15 is 4.39 Å². The van der Waals surface area contributed by atoms with Crippen LogP contribution in [0.15, 0.2) is 42.5 Å². The third-order valence-corrected chi connectivity index (χ3v) is 9.52. The Morgan fingerprint density at radius 2 is 2.05 bits per heavy atom. The maximum atomic E-state index is 15.3. The van der Waals surface area contributed by atoms with Gasteiger partial charge in [-0.05, 0) is 86.7 Å². The highest BCUT2D eigenvalue weighted by molar-refractivity contribution is 6.30. The topological polar surface area (TPSA) is 79.6 Å². The van der Waals surface area contributed by atoms with Crippen molar-refractivity contribution in [2.45, 2.75) is 82.5 Å². The van der Waals surface area contributed by atoms with Crippen molar-refractivity contribution in [1.82, 2.24) is 10.2 Å². The average molecular weight is 595 g/mol. The molecule has 2 fully saturated rings. The highest BCUT2D eigenvalue weighted by Gasteiger charge is 2.37. The number of carbonyl (C=O) groups is 1. The summed E-state index contributed by atoms with van der Waals surface area (Å²) >= 11 is 6.20. The van der Waals surface area contributed by atoms with Gasteiger partial charge in [0.2, 0.25) is 5.91 Å². The Hall–Kier alpha value is -2.47. The molecule has 0 aliphatic carbocycles. The lowest BCUT2D eigenvalue weighted by Gasteiger charge is -2.38. The van der Waals surface area contributed by atoms with E-state index < -0.39 is 6.04 Å². The maximum Gasteiger partial charge on any atom is 0.241 e. The molecule has 0 aromatic heterocycles. The van der Waals surface area contributed by atoms with Crippen molar-refractivity contribution in [2.75, 3.05) is 31.6 Å². The Kier molecular flexibility index (Phi) is 10.6. The van der Waals surface area contributed by atoms with Crippen molar-refractivity contribution in [3.8, 4) is 11.8 Å². The van der Waals surface area contributed by atoms with Crippen molar-refractivity contribution < 1.29 is 13.9 Å². The van der Waals surface area contributed by atoms with Crippen LogP contribution in [0.5, 0.6) is 0 Å². The zero-order valence-electron chi connectivity index (χ0n) is 24.8. The molecule has 42 heavy (non-hydrogen) atoms. The number of nitrogens with two attached hydrogens (primary N) is 1. The van der Waals surface area contributed by atoms with E-state index in [2.05, 4.69) is 41.2 Å². The van der Waals surface area contributed by atoms with E-state index in [1.165, 1.54) is 6.07 Å². The van der Waals surface area contributed by atoms with E-state index in [4.69, 9.17) is 22.1 Å². The molecule has 4 N–H and O–H groups in total. The Morgan fingerprint density at radius 3 is 2.83 bits per heavy atom. The van der Waals surface area contributed by atoms with Crippen molar-refractivity contribution >= 4 is 23.2 Å². The van der Waals surface area contributed by atoms with Crippen LogP contribution in [0.25, 0.3) is 0 Å². The smallest absolute Gasteiger partial charge is 0.241 e. The summed E-state index contributed by atoms with van der Waals surface area (Å²) in [6, 6.07) is 12.2. The van der Waals surface area contributed by atoms with Crippen LogP contribution in [-0.4, -0.2) is 61.3 Å². The molecule has 7 atom stereocenters. The molecule has 0 spiro atoms. The number of hydrogen-bond donors (Lipinski definition) is 3. The lowest BCUT2D eigenvalue weighted by Crippen LogP contribution is -2.49. The lowest BCUT2D eigenvalue weighted by atomic mass is 9.74. The number of nitrogens with one attached hydrogen (secondary N) is 2. The molecule has 2 saturated heterocycles. The van der Waals surface area contributed by atoms with E-state index in [0.29, 0.717) is 35.2 Å². The summed E-state index contributed by atoms with van der Waals surface area (Å²) in [6.07, 6.45) is 5.20. The van der Waals surface area contributed by atoms with Crippen molar-refractivity contribution in [1.29, 1.82) is 0 Å². The molecular formula is C34H44ClFN4O2. The second-order valence-corrected chi connectivity index (χ2v) is 12.8. The Bertz CT molecular complexity index is 1280. The van der Waals surface area contributed by atoms with Gasteiger partial charge in [-0.15, -0.1) is 0 Å². The van der Waals surface area contributed by atoms with Crippen LogP contribution in [0.1, 0.15) is 63.0 Å². The number of ether oxygens (including phenoxy) is 1. The summed E-state index contributed by atoms with van der Waals surface area (Å²) in [6.45, 7) is 7.53. The Morgan fingerprint density at radius 1 is 1.24 bits per heavy atom. The van der Waals surface area contributed by atoms with Crippen LogP contribution in [0.2, 0.25) is 5.02 Å². The predicted octanol–water partition coefficient (Wildman–Crippen LogP) is 5.35. The first-order valence-corrected chi connectivity index (χ1v) is 15.8. The fourth-order valence-corrected chi connectivity index (χ4v) is 6.93. The van der Waals surface area contributed by atoms with E-state index in [9.17, 15) is 4.79 Å². The highest BCUT2D eigenvalue weighted by Crippen LogP contribution is 2.38. The summed E-state index contributed by atoms with van der Waals surface area (Å²) in [5.41, 5.74) is 8.79. The monoisotopic (exact) mass is 594 g/mol. The van der Waals surface area contributed by atoms with Gasteiger partial charge in [-0.1, -0.05) is 55.5 Å². The maximum absolute atomic E-state index is 15.3. The lowest BCUT2D eigenvalue weighted by molar-refractivity contribution is -0.118. The number of rotatable bonds is 9. The summed E-state index contributed by atoms with van der Waals surface area (Å²) < 4.78 is 21.3. The van der Waals surface area contributed by atoms with Crippen molar-refractivity contribution in [2.24, 2.45) is 17.6 Å². The zero-order chi connectivity index (χ0) is 29.6. The van der Waals surface area contributed by atoms with Gasteiger partial charge >= 0.3 is 0 Å². The van der Waals surface area contributed by atoms with Crippen LogP contribution in [0, 0.1) is 29.5 Å². The number of benzene rings is 2. The van der Waals surface area contributed by atoms with E-state index in [1.807, 2.05) is 24.3 Å². The molecule has 6 rings (SSSR count). The second-order valence-electron chi connectivity index (χ2n) is 12.4. The van der Waals surface area contributed by atoms with Crippen LogP contribution in [0.3, 0.4) is 0 Å². The number of halogens is 2. The fraction of sp³-hybridized carbons (Fsp3) is 0.559. The number of fused-ring (bicyclic) bond motifs is 5. The molecule has 4 aliphatic heterocycles. The van der Waals surface area contributed by atoms with E-state index in [1.54, 1.807) is 12.1 Å². The van der Waals surface area contributed by atoms with Gasteiger partial charge in [-0.3, -0.25) is 9.69 Å². The molecule has 2 bridgehead atoms. The van der Waals surface area contributed by atoms with Crippen LogP contribution in [-0.2, 0) is 16.0 Å². The SMILES string of the molecule is CC(C)C1CC([C@H](c2ccc(Cl)cc2)[C@H](N)C(=O)Nc2cccc(F)c2CCC2CNC3C#CCN2CCC3)CCO1.